The maximum Gasteiger partial charge on any atom is 0.251 e. The van der Waals surface area contributed by atoms with Crippen molar-refractivity contribution in [3.8, 4) is 0 Å². The fraction of sp³-hybridized carbons (Fsp3) is 0.533. The molecule has 1 aliphatic rings. The standard InChI is InChI=1S/C15H22N2O3S/c1-11-7-12(2)9-13(8-11)15(18)16-14-5-4-6-17(10-14)21(3,19)20/h7-9,14H,4-6,10H2,1-3H3,(H,16,18). The fourth-order valence-electron chi connectivity index (χ4n) is 2.74. The van der Waals surface area contributed by atoms with Crippen LogP contribution in [0.25, 0.3) is 0 Å². The van der Waals surface area contributed by atoms with Crippen LogP contribution in [-0.4, -0.2) is 44.0 Å². The number of nitrogens with zero attached hydrogens (tertiary/aromatic N) is 1. The van der Waals surface area contributed by atoms with Crippen LogP contribution in [-0.2, 0) is 10.0 Å². The van der Waals surface area contributed by atoms with Crippen LogP contribution < -0.4 is 5.32 Å². The molecule has 5 nitrogen and oxygen atoms in total. The molecule has 1 heterocycles. The van der Waals surface area contributed by atoms with Gasteiger partial charge in [-0.1, -0.05) is 17.2 Å². The van der Waals surface area contributed by atoms with Gasteiger partial charge in [0, 0.05) is 24.7 Å². The molecule has 1 aromatic rings. The highest BCUT2D eigenvalue weighted by Gasteiger charge is 2.27. The summed E-state index contributed by atoms with van der Waals surface area (Å²) in [4.78, 5) is 12.3. The predicted molar refractivity (Wildman–Crippen MR) is 82.8 cm³/mol. The third-order valence-corrected chi connectivity index (χ3v) is 4.94. The molecule has 116 valence electrons. The Morgan fingerprint density at radius 2 is 1.86 bits per heavy atom. The first kappa shape index (κ1) is 16.0. The number of benzene rings is 1. The summed E-state index contributed by atoms with van der Waals surface area (Å²) in [6.07, 6.45) is 2.79. The van der Waals surface area contributed by atoms with Crippen molar-refractivity contribution in [3.05, 3.63) is 34.9 Å². The van der Waals surface area contributed by atoms with E-state index in [0.717, 1.165) is 24.0 Å². The number of rotatable bonds is 3. The van der Waals surface area contributed by atoms with E-state index >= 15 is 0 Å². The van der Waals surface area contributed by atoms with Gasteiger partial charge in [0.2, 0.25) is 10.0 Å². The molecule has 1 saturated heterocycles. The highest BCUT2D eigenvalue weighted by molar-refractivity contribution is 7.88. The van der Waals surface area contributed by atoms with Crippen LogP contribution in [0, 0.1) is 13.8 Å². The molecule has 1 amide bonds. The summed E-state index contributed by atoms with van der Waals surface area (Å²) in [6, 6.07) is 5.59. The molecule has 1 aliphatic heterocycles. The lowest BCUT2D eigenvalue weighted by Crippen LogP contribution is -2.49. The van der Waals surface area contributed by atoms with Gasteiger partial charge in [0.25, 0.3) is 5.91 Å². The van der Waals surface area contributed by atoms with Crippen molar-refractivity contribution >= 4 is 15.9 Å². The highest BCUT2D eigenvalue weighted by atomic mass is 32.2. The first-order valence-corrected chi connectivity index (χ1v) is 8.95. The van der Waals surface area contributed by atoms with Gasteiger partial charge in [-0.2, -0.15) is 0 Å². The van der Waals surface area contributed by atoms with Crippen molar-refractivity contribution in [2.45, 2.75) is 32.7 Å². The van der Waals surface area contributed by atoms with E-state index in [1.54, 1.807) is 0 Å². The number of aryl methyl sites for hydroxylation is 2. The van der Waals surface area contributed by atoms with Gasteiger partial charge < -0.3 is 5.32 Å². The zero-order chi connectivity index (χ0) is 15.6. The van der Waals surface area contributed by atoms with Gasteiger partial charge in [-0.3, -0.25) is 4.79 Å². The monoisotopic (exact) mass is 310 g/mol. The summed E-state index contributed by atoms with van der Waals surface area (Å²) in [5.74, 6) is -0.137. The molecule has 0 aliphatic carbocycles. The molecular weight excluding hydrogens is 288 g/mol. The molecule has 0 bridgehead atoms. The number of hydrogen-bond acceptors (Lipinski definition) is 3. The maximum atomic E-state index is 12.3. The van der Waals surface area contributed by atoms with Gasteiger partial charge in [-0.05, 0) is 38.8 Å². The zero-order valence-corrected chi connectivity index (χ0v) is 13.5. The Morgan fingerprint density at radius 1 is 1.24 bits per heavy atom. The Bertz CT molecular complexity index is 620. The first-order chi connectivity index (χ1) is 9.75. The maximum absolute atomic E-state index is 12.3. The second-order valence-corrected chi connectivity index (χ2v) is 7.79. The largest absolute Gasteiger partial charge is 0.348 e. The molecular formula is C15H22N2O3S. The van der Waals surface area contributed by atoms with E-state index in [1.165, 1.54) is 10.6 Å². The van der Waals surface area contributed by atoms with Gasteiger partial charge in [-0.15, -0.1) is 0 Å². The molecule has 0 aromatic heterocycles. The third kappa shape index (κ3) is 4.28. The summed E-state index contributed by atoms with van der Waals surface area (Å²) in [6.45, 7) is 4.80. The van der Waals surface area contributed by atoms with E-state index < -0.39 is 10.0 Å². The van der Waals surface area contributed by atoms with E-state index in [1.807, 2.05) is 32.0 Å². The molecule has 0 radical (unpaired) electrons. The molecule has 1 N–H and O–H groups in total. The van der Waals surface area contributed by atoms with Crippen LogP contribution in [0.15, 0.2) is 18.2 Å². The SMILES string of the molecule is Cc1cc(C)cc(C(=O)NC2CCCN(S(C)(=O)=O)C2)c1. The minimum atomic E-state index is -3.19. The van der Waals surface area contributed by atoms with Crippen LogP contribution in [0.4, 0.5) is 0 Å². The van der Waals surface area contributed by atoms with Gasteiger partial charge in [0.15, 0.2) is 0 Å². The van der Waals surface area contributed by atoms with Crippen molar-refractivity contribution < 1.29 is 13.2 Å². The minimum absolute atomic E-state index is 0.123. The molecule has 1 atom stereocenters. The molecule has 0 spiro atoms. The molecule has 2 rings (SSSR count). The number of nitrogens with one attached hydrogen (secondary N) is 1. The Balaban J connectivity index is 2.05. The number of amides is 1. The zero-order valence-electron chi connectivity index (χ0n) is 12.7. The summed E-state index contributed by atoms with van der Waals surface area (Å²) >= 11 is 0. The summed E-state index contributed by atoms with van der Waals surface area (Å²) in [7, 11) is -3.19. The molecule has 1 fully saturated rings. The lowest BCUT2D eigenvalue weighted by Gasteiger charge is -2.31. The summed E-state index contributed by atoms with van der Waals surface area (Å²) in [5.41, 5.74) is 2.71. The van der Waals surface area contributed by atoms with E-state index in [9.17, 15) is 13.2 Å². The molecule has 1 aromatic carbocycles. The average molecular weight is 310 g/mol. The molecule has 21 heavy (non-hydrogen) atoms. The normalized spacial score (nSPS) is 20.2. The van der Waals surface area contributed by atoms with Crippen molar-refractivity contribution in [3.63, 3.8) is 0 Å². The van der Waals surface area contributed by atoms with E-state index in [0.29, 0.717) is 18.7 Å². The van der Waals surface area contributed by atoms with Crippen LogP contribution >= 0.6 is 0 Å². The van der Waals surface area contributed by atoms with E-state index in [2.05, 4.69) is 5.32 Å². The van der Waals surface area contributed by atoms with Crippen LogP contribution in [0.3, 0.4) is 0 Å². The smallest absolute Gasteiger partial charge is 0.251 e. The highest BCUT2D eigenvalue weighted by Crippen LogP contribution is 2.14. The molecule has 1 unspecified atom stereocenters. The molecule has 0 saturated carbocycles. The average Bonchev–Trinajstić information content (AvgIpc) is 2.37. The molecule has 6 heteroatoms. The van der Waals surface area contributed by atoms with Crippen molar-refractivity contribution in [1.29, 1.82) is 0 Å². The second-order valence-electron chi connectivity index (χ2n) is 5.81. The topological polar surface area (TPSA) is 66.5 Å². The lowest BCUT2D eigenvalue weighted by molar-refractivity contribution is 0.0921. The summed E-state index contributed by atoms with van der Waals surface area (Å²) < 4.78 is 24.6. The Labute approximate surface area is 126 Å². The third-order valence-electron chi connectivity index (χ3n) is 3.67. The van der Waals surface area contributed by atoms with Crippen LogP contribution in [0.1, 0.15) is 34.3 Å². The van der Waals surface area contributed by atoms with Crippen molar-refractivity contribution in [2.75, 3.05) is 19.3 Å². The first-order valence-electron chi connectivity index (χ1n) is 7.10. The van der Waals surface area contributed by atoms with Gasteiger partial charge in [-0.25, -0.2) is 12.7 Å². The van der Waals surface area contributed by atoms with Crippen molar-refractivity contribution in [1.82, 2.24) is 9.62 Å². The second kappa shape index (κ2) is 6.15. The Hall–Kier alpha value is -1.40. The predicted octanol–water partition coefficient (Wildman–Crippen LogP) is 1.46. The number of carbonyl (C=O) groups is 1. The van der Waals surface area contributed by atoms with Gasteiger partial charge >= 0.3 is 0 Å². The van der Waals surface area contributed by atoms with E-state index in [-0.39, 0.29) is 11.9 Å². The number of piperidine rings is 1. The number of carbonyl (C=O) groups excluding carboxylic acids is 1. The Morgan fingerprint density at radius 3 is 2.43 bits per heavy atom. The summed E-state index contributed by atoms with van der Waals surface area (Å²) in [5, 5.41) is 2.95. The fourth-order valence-corrected chi connectivity index (χ4v) is 3.65. The van der Waals surface area contributed by atoms with E-state index in [4.69, 9.17) is 0 Å². The van der Waals surface area contributed by atoms with Crippen LogP contribution in [0.2, 0.25) is 0 Å². The quantitative estimate of drug-likeness (QED) is 0.919. The number of sulfonamides is 1. The van der Waals surface area contributed by atoms with Gasteiger partial charge in [0.1, 0.15) is 0 Å². The van der Waals surface area contributed by atoms with Crippen molar-refractivity contribution in [2.24, 2.45) is 0 Å². The number of hydrogen-bond donors (Lipinski definition) is 1. The van der Waals surface area contributed by atoms with Gasteiger partial charge in [0.05, 0.1) is 6.26 Å². The van der Waals surface area contributed by atoms with Crippen LogP contribution in [0.5, 0.6) is 0 Å². The Kier molecular flexibility index (Phi) is 4.68. The lowest BCUT2D eigenvalue weighted by atomic mass is 10.0. The minimum Gasteiger partial charge on any atom is -0.348 e.